The zero-order chi connectivity index (χ0) is 22.5. The van der Waals surface area contributed by atoms with Crippen molar-refractivity contribution in [2.24, 2.45) is 29.6 Å². The van der Waals surface area contributed by atoms with E-state index >= 15 is 0 Å². The summed E-state index contributed by atoms with van der Waals surface area (Å²) in [7, 11) is 0. The van der Waals surface area contributed by atoms with E-state index in [0.29, 0.717) is 12.2 Å². The van der Waals surface area contributed by atoms with Crippen LogP contribution in [0.2, 0.25) is 0 Å². The summed E-state index contributed by atoms with van der Waals surface area (Å²) in [5.41, 5.74) is 0.558. The number of hydrogen-bond donors (Lipinski definition) is 0. The smallest absolute Gasteiger partial charge is 0.200 e. The fourth-order valence-corrected chi connectivity index (χ4v) is 7.55. The first-order valence-electron chi connectivity index (χ1n) is 13.7. The van der Waals surface area contributed by atoms with E-state index in [-0.39, 0.29) is 11.7 Å². The highest BCUT2D eigenvalue weighted by Crippen LogP contribution is 2.54. The Labute approximate surface area is 194 Å². The van der Waals surface area contributed by atoms with E-state index in [1.165, 1.54) is 77.0 Å². The van der Waals surface area contributed by atoms with Gasteiger partial charge in [0.25, 0.3) is 0 Å². The molecule has 32 heavy (non-hydrogen) atoms. The van der Waals surface area contributed by atoms with E-state index in [4.69, 9.17) is 4.74 Å². The molecule has 180 valence electrons. The Kier molecular flexibility index (Phi) is 8.51. The van der Waals surface area contributed by atoms with Crippen LogP contribution in [0.1, 0.15) is 115 Å². The van der Waals surface area contributed by atoms with Gasteiger partial charge in [-0.15, -0.1) is 0 Å². The third-order valence-corrected chi connectivity index (χ3v) is 9.29. The van der Waals surface area contributed by atoms with Crippen molar-refractivity contribution in [1.82, 2.24) is 0 Å². The highest BCUT2D eigenvalue weighted by molar-refractivity contribution is 5.33. The average molecular weight is 447 g/mol. The first-order valence-corrected chi connectivity index (χ1v) is 13.7. The Morgan fingerprint density at radius 3 is 2.09 bits per heavy atom. The molecule has 0 bridgehead atoms. The summed E-state index contributed by atoms with van der Waals surface area (Å²) in [6, 6.07) is 3.36. The number of fused-ring (bicyclic) bond motifs is 1. The average Bonchev–Trinajstić information content (AvgIpc) is 3.39. The zero-order valence-corrected chi connectivity index (χ0v) is 20.4. The molecule has 0 radical (unpaired) electrons. The zero-order valence-electron chi connectivity index (χ0n) is 20.4. The van der Waals surface area contributed by atoms with Crippen molar-refractivity contribution in [2.45, 2.75) is 110 Å². The maximum atomic E-state index is 14.6. The van der Waals surface area contributed by atoms with Crippen LogP contribution in [-0.2, 0) is 0 Å². The van der Waals surface area contributed by atoms with Gasteiger partial charge in [-0.3, -0.25) is 0 Å². The van der Waals surface area contributed by atoms with Gasteiger partial charge in [-0.2, -0.15) is 4.39 Å². The van der Waals surface area contributed by atoms with Gasteiger partial charge in [0.05, 0.1) is 6.61 Å². The highest BCUT2D eigenvalue weighted by atomic mass is 19.2. The molecule has 0 amide bonds. The van der Waals surface area contributed by atoms with Crippen LogP contribution < -0.4 is 4.74 Å². The molecule has 0 aromatic heterocycles. The van der Waals surface area contributed by atoms with Gasteiger partial charge < -0.3 is 4.74 Å². The lowest BCUT2D eigenvalue weighted by atomic mass is 9.75. The molecule has 3 fully saturated rings. The summed E-state index contributed by atoms with van der Waals surface area (Å²) in [5, 5.41) is 0. The molecule has 4 atom stereocenters. The standard InChI is InChI=1S/C29H44F2O/c1-3-5-6-7-21-14-16-25-22(15-17-24(21)25)11-8-20-9-12-23(13-10-20)26-18-19-27(32-4-2)29(31)28(26)30/h18-25H,3-17H2,1-2H3. The molecule has 3 saturated carbocycles. The number of hydrogen-bond acceptors (Lipinski definition) is 1. The quantitative estimate of drug-likeness (QED) is 0.326. The molecule has 0 spiro atoms. The predicted octanol–water partition coefficient (Wildman–Crippen LogP) is 9.05. The SMILES string of the molecule is CCCCCC1CCC2C(CCC3CCC(c4ccc(OCC)c(F)c4F)CC3)CCC12. The maximum absolute atomic E-state index is 14.6. The van der Waals surface area contributed by atoms with Gasteiger partial charge in [-0.25, -0.2) is 4.39 Å². The fraction of sp³-hybridized carbons (Fsp3) is 0.793. The van der Waals surface area contributed by atoms with E-state index in [1.54, 1.807) is 19.1 Å². The second-order valence-corrected chi connectivity index (χ2v) is 11.0. The summed E-state index contributed by atoms with van der Waals surface area (Å²) in [4.78, 5) is 0. The predicted molar refractivity (Wildman–Crippen MR) is 128 cm³/mol. The minimum atomic E-state index is -0.813. The second kappa shape index (κ2) is 11.3. The van der Waals surface area contributed by atoms with Crippen LogP contribution in [-0.4, -0.2) is 6.61 Å². The molecule has 0 saturated heterocycles. The molecule has 3 aliphatic rings. The Morgan fingerprint density at radius 2 is 1.44 bits per heavy atom. The van der Waals surface area contributed by atoms with Gasteiger partial charge in [0.15, 0.2) is 11.6 Å². The van der Waals surface area contributed by atoms with Crippen LogP contribution in [0.3, 0.4) is 0 Å². The Balaban J connectivity index is 1.22. The van der Waals surface area contributed by atoms with Gasteiger partial charge in [0, 0.05) is 0 Å². The minimum Gasteiger partial charge on any atom is -0.491 e. The Hall–Kier alpha value is -1.12. The monoisotopic (exact) mass is 446 g/mol. The molecule has 4 unspecified atom stereocenters. The summed E-state index contributed by atoms with van der Waals surface area (Å²) in [5.74, 6) is 3.51. The van der Waals surface area contributed by atoms with Crippen molar-refractivity contribution in [3.8, 4) is 5.75 Å². The van der Waals surface area contributed by atoms with Gasteiger partial charge in [-0.05, 0) is 112 Å². The highest BCUT2D eigenvalue weighted by Gasteiger charge is 2.44. The van der Waals surface area contributed by atoms with E-state index in [2.05, 4.69) is 6.92 Å². The topological polar surface area (TPSA) is 9.23 Å². The number of unbranched alkanes of at least 4 members (excludes halogenated alkanes) is 2. The second-order valence-electron chi connectivity index (χ2n) is 11.0. The van der Waals surface area contributed by atoms with Crippen molar-refractivity contribution in [3.63, 3.8) is 0 Å². The molecular weight excluding hydrogens is 402 g/mol. The van der Waals surface area contributed by atoms with Crippen LogP contribution in [0, 0.1) is 41.2 Å². The molecule has 4 rings (SSSR count). The van der Waals surface area contributed by atoms with Gasteiger partial charge in [0.1, 0.15) is 0 Å². The molecule has 0 N–H and O–H groups in total. The molecule has 3 aliphatic carbocycles. The van der Waals surface area contributed by atoms with Crippen LogP contribution >= 0.6 is 0 Å². The molecule has 1 nitrogen and oxygen atoms in total. The Bertz CT molecular complexity index is 724. The van der Waals surface area contributed by atoms with Crippen molar-refractivity contribution in [2.75, 3.05) is 6.61 Å². The molecule has 1 aromatic rings. The van der Waals surface area contributed by atoms with Crippen LogP contribution in [0.5, 0.6) is 5.75 Å². The first kappa shape index (κ1) is 24.0. The van der Waals surface area contributed by atoms with E-state index in [0.717, 1.165) is 42.4 Å². The molecular formula is C29H44F2O. The van der Waals surface area contributed by atoms with Crippen LogP contribution in [0.15, 0.2) is 12.1 Å². The van der Waals surface area contributed by atoms with E-state index in [1.807, 2.05) is 0 Å². The van der Waals surface area contributed by atoms with E-state index in [9.17, 15) is 8.78 Å². The lowest BCUT2D eigenvalue weighted by Crippen LogP contribution is -2.17. The lowest BCUT2D eigenvalue weighted by Gasteiger charge is -2.30. The van der Waals surface area contributed by atoms with Crippen molar-refractivity contribution in [1.29, 1.82) is 0 Å². The van der Waals surface area contributed by atoms with Crippen LogP contribution in [0.4, 0.5) is 8.78 Å². The molecule has 3 heteroatoms. The third kappa shape index (κ3) is 5.33. The molecule has 0 heterocycles. The number of halogens is 2. The third-order valence-electron chi connectivity index (χ3n) is 9.29. The molecule has 1 aromatic carbocycles. The van der Waals surface area contributed by atoms with Crippen LogP contribution in [0.25, 0.3) is 0 Å². The summed E-state index contributed by atoms with van der Waals surface area (Å²) >= 11 is 0. The van der Waals surface area contributed by atoms with Crippen molar-refractivity contribution < 1.29 is 13.5 Å². The molecule has 0 aliphatic heterocycles. The van der Waals surface area contributed by atoms with Gasteiger partial charge in [0.2, 0.25) is 5.82 Å². The lowest BCUT2D eigenvalue weighted by molar-refractivity contribution is 0.249. The summed E-state index contributed by atoms with van der Waals surface area (Å²) in [6.07, 6.45) is 18.7. The minimum absolute atomic E-state index is 0.0387. The fourth-order valence-electron chi connectivity index (χ4n) is 7.55. The largest absolute Gasteiger partial charge is 0.491 e. The van der Waals surface area contributed by atoms with Crippen molar-refractivity contribution >= 4 is 0 Å². The van der Waals surface area contributed by atoms with E-state index < -0.39 is 11.6 Å². The Morgan fingerprint density at radius 1 is 0.750 bits per heavy atom. The summed E-state index contributed by atoms with van der Waals surface area (Å²) < 4.78 is 34.1. The number of benzene rings is 1. The van der Waals surface area contributed by atoms with Crippen molar-refractivity contribution in [3.05, 3.63) is 29.3 Å². The summed E-state index contributed by atoms with van der Waals surface area (Å²) in [6.45, 7) is 4.45. The first-order chi connectivity index (χ1) is 15.6. The number of ether oxygens (including phenoxy) is 1. The van der Waals surface area contributed by atoms with Gasteiger partial charge in [-0.1, -0.05) is 45.1 Å². The maximum Gasteiger partial charge on any atom is 0.200 e. The normalized spacial score (nSPS) is 32.2. The number of rotatable bonds is 10. The van der Waals surface area contributed by atoms with Gasteiger partial charge >= 0.3 is 0 Å².